The quantitative estimate of drug-likeness (QED) is 0.522. The summed E-state index contributed by atoms with van der Waals surface area (Å²) in [6.07, 6.45) is 0.0345. The van der Waals surface area contributed by atoms with Crippen molar-refractivity contribution in [3.63, 3.8) is 0 Å². The summed E-state index contributed by atoms with van der Waals surface area (Å²) < 4.78 is 5.53. The maximum atomic E-state index is 12.8. The number of likely N-dealkylation sites (tertiary alicyclic amines) is 1. The van der Waals surface area contributed by atoms with E-state index in [0.29, 0.717) is 19.5 Å². The molecule has 1 aliphatic heterocycles. The molecule has 1 aromatic heterocycles. The fourth-order valence-electron chi connectivity index (χ4n) is 5.69. The summed E-state index contributed by atoms with van der Waals surface area (Å²) in [5.74, 6) is -1.06. The first-order valence-corrected chi connectivity index (χ1v) is 11.7. The van der Waals surface area contributed by atoms with Gasteiger partial charge in [-0.15, -0.1) is 0 Å². The van der Waals surface area contributed by atoms with Crippen molar-refractivity contribution < 1.29 is 24.2 Å². The molecule has 0 spiro atoms. The number of fused-ring (bicyclic) bond motifs is 4. The van der Waals surface area contributed by atoms with Gasteiger partial charge < -0.3 is 14.7 Å². The van der Waals surface area contributed by atoms with E-state index >= 15 is 0 Å². The fraction of sp³-hybridized carbons (Fsp3) is 0.308. The molecular formula is C26H24N4O5. The van der Waals surface area contributed by atoms with Crippen LogP contribution >= 0.6 is 0 Å². The number of carboxylic acid groups (broad SMARTS) is 1. The number of hydrogen-bond donors (Lipinski definition) is 3. The lowest BCUT2D eigenvalue weighted by Crippen LogP contribution is -2.37. The second kappa shape index (κ2) is 8.26. The lowest BCUT2D eigenvalue weighted by molar-refractivity contribution is -0.139. The van der Waals surface area contributed by atoms with E-state index in [2.05, 4.69) is 39.8 Å². The number of aliphatic carboxylic acids is 1. The Balaban J connectivity index is 1.07. The summed E-state index contributed by atoms with van der Waals surface area (Å²) in [5, 5.41) is 18.5. The van der Waals surface area contributed by atoms with Crippen LogP contribution in [0.2, 0.25) is 0 Å². The van der Waals surface area contributed by atoms with Crippen molar-refractivity contribution in [2.45, 2.75) is 12.3 Å². The molecule has 2 amide bonds. The lowest BCUT2D eigenvalue weighted by atomic mass is 9.98. The monoisotopic (exact) mass is 472 g/mol. The van der Waals surface area contributed by atoms with E-state index in [1.54, 1.807) is 4.90 Å². The van der Waals surface area contributed by atoms with Crippen LogP contribution in [-0.4, -0.2) is 57.9 Å². The molecule has 2 aliphatic carbocycles. The minimum atomic E-state index is -0.787. The first-order chi connectivity index (χ1) is 17.0. The zero-order valence-electron chi connectivity index (χ0n) is 18.8. The SMILES string of the molecule is O=C(Nc1cc(C(=O)N2CC[C@H]3C(C(=O)O)[C@H]3C2)[nH]n1)OCC1c2ccccc2-c2ccccc21. The van der Waals surface area contributed by atoms with Crippen molar-refractivity contribution in [1.29, 1.82) is 0 Å². The molecule has 9 nitrogen and oxygen atoms in total. The number of benzene rings is 2. The number of carboxylic acids is 1. The number of aromatic nitrogens is 2. The summed E-state index contributed by atoms with van der Waals surface area (Å²) in [6, 6.07) is 17.7. The Hall–Kier alpha value is -4.14. The van der Waals surface area contributed by atoms with E-state index in [4.69, 9.17) is 4.74 Å². The maximum Gasteiger partial charge on any atom is 0.412 e. The first kappa shape index (κ1) is 21.4. The Labute approximate surface area is 201 Å². The number of carbonyl (C=O) groups is 3. The van der Waals surface area contributed by atoms with Crippen LogP contribution in [0.15, 0.2) is 54.6 Å². The molecule has 0 bridgehead atoms. The summed E-state index contributed by atoms with van der Waals surface area (Å²) in [4.78, 5) is 38.2. The number of piperidine rings is 1. The van der Waals surface area contributed by atoms with E-state index in [1.807, 2.05) is 24.3 Å². The number of H-pyrrole nitrogens is 1. The van der Waals surface area contributed by atoms with Crippen LogP contribution in [0.5, 0.6) is 0 Å². The van der Waals surface area contributed by atoms with Gasteiger partial charge in [-0.3, -0.25) is 20.0 Å². The first-order valence-electron chi connectivity index (χ1n) is 11.7. The lowest BCUT2D eigenvalue weighted by Gasteiger charge is -2.25. The van der Waals surface area contributed by atoms with Gasteiger partial charge in [-0.05, 0) is 40.5 Å². The summed E-state index contributed by atoms with van der Waals surface area (Å²) >= 11 is 0. The third-order valence-electron chi connectivity index (χ3n) is 7.45. The number of amides is 2. The highest BCUT2D eigenvalue weighted by Crippen LogP contribution is 2.51. The Morgan fingerprint density at radius 1 is 1.06 bits per heavy atom. The fourth-order valence-corrected chi connectivity index (χ4v) is 5.69. The van der Waals surface area contributed by atoms with Gasteiger partial charge >= 0.3 is 12.1 Å². The molecule has 9 heteroatoms. The van der Waals surface area contributed by atoms with Gasteiger partial charge in [0, 0.05) is 25.1 Å². The molecule has 2 fully saturated rings. The molecule has 1 unspecified atom stereocenters. The van der Waals surface area contributed by atoms with Gasteiger partial charge in [0.1, 0.15) is 12.3 Å². The molecule has 6 rings (SSSR count). The third kappa shape index (κ3) is 3.73. The van der Waals surface area contributed by atoms with E-state index in [0.717, 1.165) is 22.3 Å². The van der Waals surface area contributed by atoms with Crippen molar-refractivity contribution in [1.82, 2.24) is 15.1 Å². The topological polar surface area (TPSA) is 125 Å². The predicted molar refractivity (Wildman–Crippen MR) is 126 cm³/mol. The average molecular weight is 473 g/mol. The van der Waals surface area contributed by atoms with Crippen molar-refractivity contribution in [3.8, 4) is 11.1 Å². The van der Waals surface area contributed by atoms with Crippen molar-refractivity contribution in [3.05, 3.63) is 71.4 Å². The normalized spacial score (nSPS) is 22.1. The van der Waals surface area contributed by atoms with Crippen LogP contribution in [0, 0.1) is 17.8 Å². The Kier molecular flexibility index (Phi) is 5.05. The molecule has 178 valence electrons. The number of aromatic amines is 1. The van der Waals surface area contributed by atoms with E-state index in [-0.39, 0.29) is 47.7 Å². The van der Waals surface area contributed by atoms with E-state index in [1.165, 1.54) is 6.07 Å². The van der Waals surface area contributed by atoms with Gasteiger partial charge in [0.2, 0.25) is 0 Å². The number of nitrogens with zero attached hydrogens (tertiary/aromatic N) is 2. The van der Waals surface area contributed by atoms with Crippen molar-refractivity contribution >= 4 is 23.8 Å². The van der Waals surface area contributed by atoms with E-state index in [9.17, 15) is 19.5 Å². The largest absolute Gasteiger partial charge is 0.481 e. The molecule has 3 aliphatic rings. The highest BCUT2D eigenvalue weighted by atomic mass is 16.5. The summed E-state index contributed by atoms with van der Waals surface area (Å²) in [6.45, 7) is 1.11. The Morgan fingerprint density at radius 3 is 2.43 bits per heavy atom. The minimum absolute atomic E-state index is 0.0199. The maximum absolute atomic E-state index is 12.8. The predicted octanol–water partition coefficient (Wildman–Crippen LogP) is 3.56. The highest BCUT2D eigenvalue weighted by molar-refractivity contribution is 5.94. The second-order valence-electron chi connectivity index (χ2n) is 9.35. The molecule has 2 aromatic carbocycles. The highest BCUT2D eigenvalue weighted by Gasteiger charge is 2.57. The molecular weight excluding hydrogens is 448 g/mol. The number of nitrogens with one attached hydrogen (secondary N) is 2. The molecule has 3 atom stereocenters. The van der Waals surface area contributed by atoms with Crippen LogP contribution in [0.3, 0.4) is 0 Å². The number of ether oxygens (including phenoxy) is 1. The third-order valence-corrected chi connectivity index (χ3v) is 7.45. The van der Waals surface area contributed by atoms with Gasteiger partial charge in [-0.1, -0.05) is 48.5 Å². The number of rotatable bonds is 5. The van der Waals surface area contributed by atoms with Crippen LogP contribution in [0.25, 0.3) is 11.1 Å². The molecule has 3 aromatic rings. The Morgan fingerprint density at radius 2 is 1.74 bits per heavy atom. The van der Waals surface area contributed by atoms with Gasteiger partial charge in [0.25, 0.3) is 5.91 Å². The minimum Gasteiger partial charge on any atom is -0.481 e. The van der Waals surface area contributed by atoms with Gasteiger partial charge in [0.15, 0.2) is 5.82 Å². The molecule has 0 radical (unpaired) electrons. The van der Waals surface area contributed by atoms with Crippen LogP contribution in [0.1, 0.15) is 34.0 Å². The Bertz CT molecular complexity index is 1290. The zero-order chi connectivity index (χ0) is 24.1. The molecule has 35 heavy (non-hydrogen) atoms. The van der Waals surface area contributed by atoms with Gasteiger partial charge in [-0.2, -0.15) is 5.10 Å². The second-order valence-corrected chi connectivity index (χ2v) is 9.35. The smallest absolute Gasteiger partial charge is 0.412 e. The summed E-state index contributed by atoms with van der Waals surface area (Å²) in [7, 11) is 0. The van der Waals surface area contributed by atoms with E-state index < -0.39 is 12.1 Å². The average Bonchev–Trinajstić information content (AvgIpc) is 3.26. The van der Waals surface area contributed by atoms with Crippen molar-refractivity contribution in [2.24, 2.45) is 17.8 Å². The summed E-state index contributed by atoms with van der Waals surface area (Å²) in [5.41, 5.74) is 4.79. The van der Waals surface area contributed by atoms with Crippen LogP contribution in [0.4, 0.5) is 10.6 Å². The van der Waals surface area contributed by atoms with Crippen LogP contribution in [-0.2, 0) is 9.53 Å². The number of anilines is 1. The van der Waals surface area contributed by atoms with Gasteiger partial charge in [0.05, 0.1) is 5.92 Å². The molecule has 2 heterocycles. The number of hydrogen-bond acceptors (Lipinski definition) is 5. The van der Waals surface area contributed by atoms with Crippen molar-refractivity contribution in [2.75, 3.05) is 25.0 Å². The standard InChI is InChI=1S/C26H24N4O5/c31-24(30-10-9-18-19(12-30)23(18)25(32)33)21-11-22(29-28-21)27-26(34)35-13-20-16-7-3-1-5-14(16)15-6-2-4-8-17(15)20/h1-8,11,18-20,23H,9-10,12-13H2,(H,32,33)(H2,27,28,29,34)/t18-,19+,23?/m1/s1. The van der Waals surface area contributed by atoms with Crippen LogP contribution < -0.4 is 5.32 Å². The zero-order valence-corrected chi connectivity index (χ0v) is 18.8. The molecule has 3 N–H and O–H groups in total. The number of carbonyl (C=O) groups excluding carboxylic acids is 2. The molecule has 1 saturated heterocycles. The van der Waals surface area contributed by atoms with Gasteiger partial charge in [-0.25, -0.2) is 4.79 Å². The molecule has 1 saturated carbocycles.